The smallest absolute Gasteiger partial charge is 0.0738 e. The van der Waals surface area contributed by atoms with Crippen molar-refractivity contribution in [3.8, 4) is 22.4 Å². The minimum atomic E-state index is 0.698. The number of hydrogen-bond donors (Lipinski definition) is 1. The van der Waals surface area contributed by atoms with Crippen molar-refractivity contribution in [2.24, 2.45) is 0 Å². The van der Waals surface area contributed by atoms with Crippen LogP contribution in [-0.4, -0.2) is 4.98 Å². The summed E-state index contributed by atoms with van der Waals surface area (Å²) >= 11 is 0. The molecule has 0 bridgehead atoms. The molecule has 0 spiro atoms. The number of anilines is 1. The number of aryl methyl sites for hydroxylation is 1. The van der Waals surface area contributed by atoms with Gasteiger partial charge < -0.3 is 5.73 Å². The molecule has 1 heterocycles. The number of rotatable bonds is 2. The summed E-state index contributed by atoms with van der Waals surface area (Å²) in [6.45, 7) is 2.04. The molecule has 0 aliphatic rings. The fraction of sp³-hybridized carbons (Fsp3) is 0.0556. The first kappa shape index (κ1) is 12.4. The van der Waals surface area contributed by atoms with Gasteiger partial charge in [-0.25, -0.2) is 0 Å². The van der Waals surface area contributed by atoms with Crippen molar-refractivity contribution in [3.63, 3.8) is 0 Å². The van der Waals surface area contributed by atoms with E-state index < -0.39 is 0 Å². The molecule has 0 amide bonds. The summed E-state index contributed by atoms with van der Waals surface area (Å²) in [5, 5.41) is 0. The predicted molar refractivity (Wildman–Crippen MR) is 84.3 cm³/mol. The SMILES string of the molecule is Cc1cc(N)cnc1-c1ccccc1-c1ccccc1. The van der Waals surface area contributed by atoms with Crippen LogP contribution < -0.4 is 5.73 Å². The lowest BCUT2D eigenvalue weighted by atomic mass is 9.95. The molecular weight excluding hydrogens is 244 g/mol. The van der Waals surface area contributed by atoms with E-state index in [2.05, 4.69) is 47.4 Å². The third-order valence-corrected chi connectivity index (χ3v) is 3.37. The molecule has 0 aliphatic heterocycles. The van der Waals surface area contributed by atoms with Crippen LogP contribution in [0.4, 0.5) is 5.69 Å². The molecule has 0 fully saturated rings. The van der Waals surface area contributed by atoms with Gasteiger partial charge in [-0.1, -0.05) is 54.6 Å². The molecule has 2 N–H and O–H groups in total. The predicted octanol–water partition coefficient (Wildman–Crippen LogP) is 4.31. The number of nitrogen functional groups attached to an aromatic ring is 1. The van der Waals surface area contributed by atoms with Crippen LogP contribution in [0.25, 0.3) is 22.4 Å². The number of nitrogens with zero attached hydrogens (tertiary/aromatic N) is 1. The van der Waals surface area contributed by atoms with Gasteiger partial charge in [0.05, 0.1) is 17.6 Å². The Morgan fingerprint density at radius 2 is 1.50 bits per heavy atom. The Hall–Kier alpha value is -2.61. The molecule has 3 rings (SSSR count). The van der Waals surface area contributed by atoms with Crippen molar-refractivity contribution in [2.45, 2.75) is 6.92 Å². The number of aromatic nitrogens is 1. The molecule has 1 aromatic heterocycles. The number of benzene rings is 2. The van der Waals surface area contributed by atoms with Crippen molar-refractivity contribution in [1.82, 2.24) is 4.98 Å². The summed E-state index contributed by atoms with van der Waals surface area (Å²) in [5.41, 5.74) is 12.1. The normalized spacial score (nSPS) is 10.4. The maximum absolute atomic E-state index is 5.79. The molecule has 2 nitrogen and oxygen atoms in total. The number of hydrogen-bond acceptors (Lipinski definition) is 2. The van der Waals surface area contributed by atoms with E-state index in [9.17, 15) is 0 Å². The number of pyridine rings is 1. The monoisotopic (exact) mass is 260 g/mol. The summed E-state index contributed by atoms with van der Waals surface area (Å²) in [7, 11) is 0. The van der Waals surface area contributed by atoms with Crippen LogP contribution in [0.3, 0.4) is 0 Å². The highest BCUT2D eigenvalue weighted by Crippen LogP contribution is 2.32. The number of nitrogens with two attached hydrogens (primary N) is 1. The van der Waals surface area contributed by atoms with Gasteiger partial charge in [-0.05, 0) is 29.7 Å². The van der Waals surface area contributed by atoms with Crippen LogP contribution in [-0.2, 0) is 0 Å². The van der Waals surface area contributed by atoms with E-state index in [1.54, 1.807) is 6.20 Å². The van der Waals surface area contributed by atoms with Crippen LogP contribution in [0.2, 0.25) is 0 Å². The van der Waals surface area contributed by atoms with Crippen molar-refractivity contribution in [2.75, 3.05) is 5.73 Å². The molecule has 0 radical (unpaired) electrons. The topological polar surface area (TPSA) is 38.9 Å². The van der Waals surface area contributed by atoms with E-state index in [1.807, 2.05) is 25.1 Å². The lowest BCUT2D eigenvalue weighted by Gasteiger charge is -2.11. The Balaban J connectivity index is 2.20. The van der Waals surface area contributed by atoms with Crippen LogP contribution in [0.15, 0.2) is 66.9 Å². The summed E-state index contributed by atoms with van der Waals surface area (Å²) in [6, 6.07) is 20.7. The summed E-state index contributed by atoms with van der Waals surface area (Å²) in [5.74, 6) is 0. The van der Waals surface area contributed by atoms with Gasteiger partial charge in [-0.3, -0.25) is 4.98 Å². The molecule has 0 saturated carbocycles. The summed E-state index contributed by atoms with van der Waals surface area (Å²) < 4.78 is 0. The van der Waals surface area contributed by atoms with Crippen LogP contribution in [0.5, 0.6) is 0 Å². The van der Waals surface area contributed by atoms with Crippen molar-refractivity contribution in [1.29, 1.82) is 0 Å². The standard InChI is InChI=1S/C18H16N2/c1-13-11-15(19)12-20-18(13)17-10-6-5-9-16(17)14-7-3-2-4-8-14/h2-12H,19H2,1H3. The van der Waals surface area contributed by atoms with Crippen molar-refractivity contribution < 1.29 is 0 Å². The average molecular weight is 260 g/mol. The van der Waals surface area contributed by atoms with E-state index in [0.717, 1.165) is 16.8 Å². The Morgan fingerprint density at radius 1 is 0.850 bits per heavy atom. The zero-order chi connectivity index (χ0) is 13.9. The van der Waals surface area contributed by atoms with Gasteiger partial charge in [-0.2, -0.15) is 0 Å². The maximum Gasteiger partial charge on any atom is 0.0738 e. The molecule has 3 aromatic rings. The molecule has 0 atom stereocenters. The van der Waals surface area contributed by atoms with Gasteiger partial charge in [0, 0.05) is 5.56 Å². The van der Waals surface area contributed by atoms with E-state index in [4.69, 9.17) is 5.73 Å². The van der Waals surface area contributed by atoms with Crippen molar-refractivity contribution in [3.05, 3.63) is 72.4 Å². The van der Waals surface area contributed by atoms with Crippen LogP contribution in [0, 0.1) is 6.92 Å². The first-order chi connectivity index (χ1) is 9.75. The largest absolute Gasteiger partial charge is 0.397 e. The summed E-state index contributed by atoms with van der Waals surface area (Å²) in [6.07, 6.45) is 1.71. The minimum Gasteiger partial charge on any atom is -0.397 e. The second-order valence-corrected chi connectivity index (χ2v) is 4.85. The van der Waals surface area contributed by atoms with E-state index in [-0.39, 0.29) is 0 Å². The fourth-order valence-electron chi connectivity index (χ4n) is 2.44. The van der Waals surface area contributed by atoms with Gasteiger partial charge in [-0.15, -0.1) is 0 Å². The Kier molecular flexibility index (Phi) is 3.21. The van der Waals surface area contributed by atoms with Gasteiger partial charge in [0.1, 0.15) is 0 Å². The maximum atomic E-state index is 5.79. The molecule has 98 valence electrons. The highest BCUT2D eigenvalue weighted by molar-refractivity contribution is 5.83. The van der Waals surface area contributed by atoms with Gasteiger partial charge in [0.15, 0.2) is 0 Å². The Morgan fingerprint density at radius 3 is 2.20 bits per heavy atom. The van der Waals surface area contributed by atoms with Crippen LogP contribution >= 0.6 is 0 Å². The van der Waals surface area contributed by atoms with E-state index in [0.29, 0.717) is 5.69 Å². The van der Waals surface area contributed by atoms with E-state index in [1.165, 1.54) is 11.1 Å². The highest BCUT2D eigenvalue weighted by Gasteiger charge is 2.10. The van der Waals surface area contributed by atoms with Gasteiger partial charge in [0.25, 0.3) is 0 Å². The summed E-state index contributed by atoms with van der Waals surface area (Å²) in [4.78, 5) is 4.51. The van der Waals surface area contributed by atoms with Crippen molar-refractivity contribution >= 4 is 5.69 Å². The van der Waals surface area contributed by atoms with Gasteiger partial charge in [0.2, 0.25) is 0 Å². The zero-order valence-electron chi connectivity index (χ0n) is 11.4. The fourth-order valence-corrected chi connectivity index (χ4v) is 2.44. The third-order valence-electron chi connectivity index (χ3n) is 3.37. The molecule has 0 unspecified atom stereocenters. The zero-order valence-corrected chi connectivity index (χ0v) is 11.4. The lowest BCUT2D eigenvalue weighted by molar-refractivity contribution is 1.27. The van der Waals surface area contributed by atoms with Crippen LogP contribution in [0.1, 0.15) is 5.56 Å². The Bertz CT molecular complexity index is 733. The first-order valence-corrected chi connectivity index (χ1v) is 6.62. The Labute approximate surface area is 118 Å². The van der Waals surface area contributed by atoms with Gasteiger partial charge >= 0.3 is 0 Å². The van der Waals surface area contributed by atoms with E-state index >= 15 is 0 Å². The molecule has 0 saturated heterocycles. The second-order valence-electron chi connectivity index (χ2n) is 4.85. The molecule has 2 aromatic carbocycles. The molecule has 2 heteroatoms. The average Bonchev–Trinajstić information content (AvgIpc) is 2.48. The third kappa shape index (κ3) is 2.28. The molecule has 20 heavy (non-hydrogen) atoms. The highest BCUT2D eigenvalue weighted by atomic mass is 14.7. The molecular formula is C18H16N2. The second kappa shape index (κ2) is 5.17. The molecule has 0 aliphatic carbocycles. The minimum absolute atomic E-state index is 0.698. The quantitative estimate of drug-likeness (QED) is 0.745. The first-order valence-electron chi connectivity index (χ1n) is 6.62. The lowest BCUT2D eigenvalue weighted by Crippen LogP contribution is -1.94.